The molecular weight excluding hydrogens is 436 g/mol. The zero-order chi connectivity index (χ0) is 24.5. The maximum absolute atomic E-state index is 13.1. The molecule has 2 atom stereocenters. The van der Waals surface area contributed by atoms with Crippen LogP contribution in [0.3, 0.4) is 0 Å². The molecule has 6 heteroatoms. The Kier molecular flexibility index (Phi) is 6.44. The van der Waals surface area contributed by atoms with Crippen molar-refractivity contribution >= 4 is 16.9 Å². The zero-order valence-electron chi connectivity index (χ0n) is 21.1. The van der Waals surface area contributed by atoms with Crippen LogP contribution in [0.1, 0.15) is 55.0 Å². The highest BCUT2D eigenvalue weighted by Gasteiger charge is 2.38. The van der Waals surface area contributed by atoms with Gasteiger partial charge >= 0.3 is 6.03 Å². The van der Waals surface area contributed by atoms with Crippen molar-refractivity contribution < 1.29 is 9.53 Å². The van der Waals surface area contributed by atoms with E-state index in [1.165, 1.54) is 29.4 Å². The Balaban J connectivity index is 1.67. The monoisotopic (exact) mass is 470 g/mol. The van der Waals surface area contributed by atoms with Crippen LogP contribution in [0.25, 0.3) is 10.9 Å². The minimum absolute atomic E-state index is 0.106. The van der Waals surface area contributed by atoms with E-state index in [9.17, 15) is 4.79 Å². The summed E-state index contributed by atoms with van der Waals surface area (Å²) in [5.41, 5.74) is 8.63. The van der Waals surface area contributed by atoms with E-state index < -0.39 is 0 Å². The van der Waals surface area contributed by atoms with E-state index >= 15 is 0 Å². The summed E-state index contributed by atoms with van der Waals surface area (Å²) in [6.07, 6.45) is 3.36. The number of amides is 2. The van der Waals surface area contributed by atoms with Crippen LogP contribution >= 0.6 is 0 Å². The van der Waals surface area contributed by atoms with Crippen LogP contribution < -0.4 is 10.2 Å². The maximum atomic E-state index is 13.1. The number of carbonyl (C=O) groups is 1. The standard InChI is InChI=1S/C29H34N4O2/c1-5-32(6-2)29(34)30-33-25(17-14-20-12-15-21(35-4)16-13-20)24-19-27-22(10-8-18-31(27)3)23-9-7-11-26(33)28(23)24/h7,9,11-13,15-16,22,27H,5-6,8,10,18-19H2,1-4H3,(H,30,34)/t22-,27-/m1/s1. The summed E-state index contributed by atoms with van der Waals surface area (Å²) in [4.78, 5) is 17.4. The largest absolute Gasteiger partial charge is 0.497 e. The molecule has 0 unspecified atom stereocenters. The van der Waals surface area contributed by atoms with E-state index in [1.54, 1.807) is 12.0 Å². The van der Waals surface area contributed by atoms with Gasteiger partial charge in [-0.3, -0.25) is 0 Å². The Morgan fingerprint density at radius 1 is 1.14 bits per heavy atom. The highest BCUT2D eigenvalue weighted by atomic mass is 16.5. The van der Waals surface area contributed by atoms with E-state index in [0.717, 1.165) is 35.5 Å². The van der Waals surface area contributed by atoms with Crippen LogP contribution in [0.5, 0.6) is 5.75 Å². The lowest BCUT2D eigenvalue weighted by molar-refractivity contribution is 0.157. The second-order valence-electron chi connectivity index (χ2n) is 9.47. The van der Waals surface area contributed by atoms with E-state index in [0.29, 0.717) is 25.0 Å². The summed E-state index contributed by atoms with van der Waals surface area (Å²) in [7, 11) is 3.90. The second kappa shape index (κ2) is 9.67. The molecule has 1 N–H and O–H groups in total. The van der Waals surface area contributed by atoms with Crippen molar-refractivity contribution in [1.29, 1.82) is 0 Å². The lowest BCUT2D eigenvalue weighted by atomic mass is 9.75. The van der Waals surface area contributed by atoms with Crippen LogP contribution in [-0.4, -0.2) is 60.3 Å². The van der Waals surface area contributed by atoms with Gasteiger partial charge in [-0.05, 0) is 94.1 Å². The Bertz CT molecular complexity index is 1290. The summed E-state index contributed by atoms with van der Waals surface area (Å²) >= 11 is 0. The lowest BCUT2D eigenvalue weighted by Gasteiger charge is -2.42. The van der Waals surface area contributed by atoms with Crippen molar-refractivity contribution in [2.45, 2.75) is 45.1 Å². The summed E-state index contributed by atoms with van der Waals surface area (Å²) in [6.45, 7) is 6.43. The minimum atomic E-state index is -0.106. The van der Waals surface area contributed by atoms with E-state index in [4.69, 9.17) is 4.74 Å². The molecule has 1 aromatic heterocycles. The fourth-order valence-electron chi connectivity index (χ4n) is 5.78. The number of likely N-dealkylation sites (N-methyl/N-ethyl adjacent to an activating group) is 1. The first kappa shape index (κ1) is 23.3. The van der Waals surface area contributed by atoms with Gasteiger partial charge in [-0.1, -0.05) is 18.1 Å². The highest BCUT2D eigenvalue weighted by Crippen LogP contribution is 2.44. The quantitative estimate of drug-likeness (QED) is 0.558. The summed E-state index contributed by atoms with van der Waals surface area (Å²) in [5, 5.41) is 1.27. The number of rotatable bonds is 4. The zero-order valence-corrected chi connectivity index (χ0v) is 21.1. The first-order valence-electron chi connectivity index (χ1n) is 12.6. The average Bonchev–Trinajstić information content (AvgIpc) is 3.17. The molecule has 6 nitrogen and oxygen atoms in total. The molecule has 1 aliphatic carbocycles. The van der Waals surface area contributed by atoms with Gasteiger partial charge in [0.05, 0.1) is 12.6 Å². The molecule has 35 heavy (non-hydrogen) atoms. The van der Waals surface area contributed by atoms with Gasteiger partial charge in [0, 0.05) is 36.0 Å². The van der Waals surface area contributed by atoms with Crippen LogP contribution in [-0.2, 0) is 6.42 Å². The highest BCUT2D eigenvalue weighted by molar-refractivity contribution is 5.94. The molecule has 1 fully saturated rings. The molecule has 3 aromatic rings. The second-order valence-corrected chi connectivity index (χ2v) is 9.47. The average molecular weight is 471 g/mol. The molecule has 2 heterocycles. The molecular formula is C29H34N4O2. The molecule has 0 spiro atoms. The third kappa shape index (κ3) is 4.15. The van der Waals surface area contributed by atoms with Gasteiger partial charge in [0.15, 0.2) is 0 Å². The molecule has 5 rings (SSSR count). The number of aromatic nitrogens is 1. The van der Waals surface area contributed by atoms with Gasteiger partial charge in [0.25, 0.3) is 0 Å². The van der Waals surface area contributed by atoms with Crippen LogP contribution in [0, 0.1) is 11.8 Å². The van der Waals surface area contributed by atoms with Crippen LogP contribution in [0.4, 0.5) is 4.79 Å². The van der Waals surface area contributed by atoms with Gasteiger partial charge in [0.1, 0.15) is 11.4 Å². The smallest absolute Gasteiger partial charge is 0.336 e. The summed E-state index contributed by atoms with van der Waals surface area (Å²) in [6, 6.07) is 14.6. The number of urea groups is 1. The molecule has 1 aliphatic heterocycles. The number of piperidine rings is 1. The molecule has 1 saturated heterocycles. The maximum Gasteiger partial charge on any atom is 0.336 e. The topological polar surface area (TPSA) is 49.7 Å². The predicted octanol–water partition coefficient (Wildman–Crippen LogP) is 4.79. The minimum Gasteiger partial charge on any atom is -0.497 e. The Hall–Kier alpha value is -3.43. The van der Waals surface area contributed by atoms with E-state index in [2.05, 4.69) is 47.4 Å². The van der Waals surface area contributed by atoms with Gasteiger partial charge in [0.2, 0.25) is 0 Å². The van der Waals surface area contributed by atoms with Gasteiger partial charge in [-0.15, -0.1) is 0 Å². The van der Waals surface area contributed by atoms with E-state index in [-0.39, 0.29) is 6.03 Å². The van der Waals surface area contributed by atoms with Crippen molar-refractivity contribution in [3.05, 3.63) is 64.8 Å². The number of hydrogen-bond acceptors (Lipinski definition) is 3. The number of nitrogens with zero attached hydrogens (tertiary/aromatic N) is 3. The fraction of sp³-hybridized carbons (Fsp3) is 0.414. The molecule has 2 aromatic carbocycles. The normalized spacial score (nSPS) is 19.0. The molecule has 2 amide bonds. The number of nitrogens with one attached hydrogen (secondary N) is 1. The number of benzene rings is 2. The number of likely N-dealkylation sites (tertiary alicyclic amines) is 1. The number of ether oxygens (including phenoxy) is 1. The summed E-state index contributed by atoms with van der Waals surface area (Å²) in [5.74, 6) is 8.11. The molecule has 182 valence electrons. The van der Waals surface area contributed by atoms with Crippen molar-refractivity contribution in [3.8, 4) is 17.6 Å². The Morgan fingerprint density at radius 2 is 1.91 bits per heavy atom. The van der Waals surface area contributed by atoms with Gasteiger partial charge in [-0.25, -0.2) is 14.9 Å². The molecule has 0 bridgehead atoms. The lowest BCUT2D eigenvalue weighted by Crippen LogP contribution is -2.44. The van der Waals surface area contributed by atoms with Crippen molar-refractivity contribution in [3.63, 3.8) is 0 Å². The third-order valence-electron chi connectivity index (χ3n) is 7.67. The molecule has 0 radical (unpaired) electrons. The van der Waals surface area contributed by atoms with Crippen molar-refractivity contribution in [2.75, 3.05) is 39.2 Å². The predicted molar refractivity (Wildman–Crippen MR) is 141 cm³/mol. The van der Waals surface area contributed by atoms with Crippen molar-refractivity contribution in [1.82, 2.24) is 14.5 Å². The number of fused-ring (bicyclic) bond motifs is 2. The SMILES string of the molecule is CCN(CC)C(=O)Nn1c(C#Cc2ccc(OC)cc2)c2c3c(cccc31)[C@H]1CCCN(C)[C@@H]1C2. The third-order valence-corrected chi connectivity index (χ3v) is 7.67. The van der Waals surface area contributed by atoms with Crippen LogP contribution in [0.15, 0.2) is 42.5 Å². The Labute approximate surface area is 207 Å². The molecule has 0 saturated carbocycles. The van der Waals surface area contributed by atoms with E-state index in [1.807, 2.05) is 42.8 Å². The van der Waals surface area contributed by atoms with Gasteiger partial charge in [-0.2, -0.15) is 0 Å². The number of hydrogen-bond donors (Lipinski definition) is 1. The Morgan fingerprint density at radius 3 is 2.63 bits per heavy atom. The number of carbonyl (C=O) groups excluding carboxylic acids is 1. The molecule has 2 aliphatic rings. The first-order chi connectivity index (χ1) is 17.0. The number of methoxy groups -OCH3 is 1. The fourth-order valence-corrected chi connectivity index (χ4v) is 5.78. The van der Waals surface area contributed by atoms with Gasteiger partial charge < -0.3 is 14.5 Å². The first-order valence-corrected chi connectivity index (χ1v) is 12.6. The van der Waals surface area contributed by atoms with Crippen LogP contribution in [0.2, 0.25) is 0 Å². The summed E-state index contributed by atoms with van der Waals surface area (Å²) < 4.78 is 7.22. The van der Waals surface area contributed by atoms with Crippen molar-refractivity contribution in [2.24, 2.45) is 0 Å².